The Hall–Kier alpha value is -0.790. The minimum atomic E-state index is -0.969. The van der Waals surface area contributed by atoms with Crippen LogP contribution in [0.15, 0.2) is 9.98 Å². The quantitative estimate of drug-likeness (QED) is 0.910. The van der Waals surface area contributed by atoms with Crippen LogP contribution < -0.4 is 0 Å². The largest absolute Gasteiger partial charge is 0.476 e. The maximum atomic E-state index is 11.2. The lowest BCUT2D eigenvalue weighted by Crippen LogP contribution is -2.03. The molecule has 0 aromatic carbocycles. The maximum Gasteiger partial charge on any atom is 0.355 e. The van der Waals surface area contributed by atoms with Crippen molar-refractivity contribution in [3.05, 3.63) is 20.6 Å². The molecule has 0 atom stereocenters. The Morgan fingerprint density at radius 3 is 2.67 bits per heavy atom. The molecule has 2 aromatic heterocycles. The van der Waals surface area contributed by atoms with Crippen LogP contribution >= 0.6 is 38.6 Å². The van der Waals surface area contributed by atoms with Crippen LogP contribution in [0.1, 0.15) is 29.2 Å². The molecule has 0 spiro atoms. The predicted octanol–water partition coefficient (Wildman–Crippen LogP) is 3.93. The number of thiazole rings is 2. The predicted molar refractivity (Wildman–Crippen MR) is 76.4 cm³/mol. The molecule has 7 heteroatoms. The third-order valence-corrected chi connectivity index (χ3v) is 4.85. The van der Waals surface area contributed by atoms with E-state index in [9.17, 15) is 4.79 Å². The van der Waals surface area contributed by atoms with Crippen LogP contribution in [-0.4, -0.2) is 21.0 Å². The summed E-state index contributed by atoms with van der Waals surface area (Å²) in [4.78, 5) is 20.4. The summed E-state index contributed by atoms with van der Waals surface area (Å²) in [5.41, 5.74) is 0.162. The molecule has 4 nitrogen and oxygen atoms in total. The Morgan fingerprint density at radius 2 is 2.17 bits per heavy atom. The van der Waals surface area contributed by atoms with Crippen molar-refractivity contribution in [2.45, 2.75) is 20.3 Å². The van der Waals surface area contributed by atoms with Gasteiger partial charge in [-0.05, 0) is 28.3 Å². The minimum absolute atomic E-state index is 0.162. The zero-order valence-corrected chi connectivity index (χ0v) is 13.0. The summed E-state index contributed by atoms with van der Waals surface area (Å²) < 4.78 is 0.912. The lowest BCUT2D eigenvalue weighted by molar-refractivity contribution is 0.0690. The zero-order chi connectivity index (χ0) is 13.3. The Morgan fingerprint density at radius 1 is 1.44 bits per heavy atom. The lowest BCUT2D eigenvalue weighted by Gasteiger charge is -2.01. The number of aromatic carboxylic acids is 1. The van der Waals surface area contributed by atoms with E-state index in [1.165, 1.54) is 22.7 Å². The van der Waals surface area contributed by atoms with E-state index >= 15 is 0 Å². The summed E-state index contributed by atoms with van der Waals surface area (Å²) in [6.45, 7) is 4.12. The number of carboxylic acids is 1. The first-order chi connectivity index (χ1) is 8.47. The number of carbonyl (C=O) groups is 1. The van der Waals surface area contributed by atoms with Crippen molar-refractivity contribution in [2.75, 3.05) is 0 Å². The molecule has 0 fully saturated rings. The first-order valence-electron chi connectivity index (χ1n) is 5.32. The number of carboxylic acid groups (broad SMARTS) is 1. The fourth-order valence-electron chi connectivity index (χ4n) is 1.47. The average Bonchev–Trinajstić information content (AvgIpc) is 2.83. The molecule has 0 saturated carbocycles. The van der Waals surface area contributed by atoms with Gasteiger partial charge in [0.25, 0.3) is 0 Å². The van der Waals surface area contributed by atoms with E-state index in [2.05, 4.69) is 39.7 Å². The van der Waals surface area contributed by atoms with Gasteiger partial charge in [0.15, 0.2) is 15.7 Å². The number of rotatable bonds is 4. The number of nitrogens with zero attached hydrogens (tertiary/aromatic N) is 2. The third kappa shape index (κ3) is 2.96. The molecule has 0 radical (unpaired) electrons. The van der Waals surface area contributed by atoms with Crippen LogP contribution in [0, 0.1) is 5.92 Å². The molecule has 96 valence electrons. The second-order valence-electron chi connectivity index (χ2n) is 4.16. The van der Waals surface area contributed by atoms with Crippen molar-refractivity contribution in [3.8, 4) is 10.0 Å². The molecule has 0 aliphatic carbocycles. The summed E-state index contributed by atoms with van der Waals surface area (Å²) in [5.74, 6) is -0.566. The van der Waals surface area contributed by atoms with E-state index < -0.39 is 5.97 Å². The maximum absolute atomic E-state index is 11.2. The highest BCUT2D eigenvalue weighted by atomic mass is 79.9. The Kier molecular flexibility index (Phi) is 4.14. The first-order valence-corrected chi connectivity index (χ1v) is 7.74. The molecule has 2 heterocycles. The second-order valence-corrected chi connectivity index (χ2v) is 7.66. The van der Waals surface area contributed by atoms with Crippen LogP contribution in [0.2, 0.25) is 0 Å². The van der Waals surface area contributed by atoms with Crippen LogP contribution in [0.25, 0.3) is 10.0 Å². The van der Waals surface area contributed by atoms with Crippen molar-refractivity contribution in [2.24, 2.45) is 5.92 Å². The summed E-state index contributed by atoms with van der Waals surface area (Å²) in [6.07, 6.45) is 2.43. The van der Waals surface area contributed by atoms with Gasteiger partial charge in [0.2, 0.25) is 0 Å². The normalized spacial score (nSPS) is 11.1. The first kappa shape index (κ1) is 13.6. The van der Waals surface area contributed by atoms with E-state index in [0.29, 0.717) is 10.9 Å². The van der Waals surface area contributed by atoms with Gasteiger partial charge in [-0.25, -0.2) is 14.8 Å². The van der Waals surface area contributed by atoms with Crippen molar-refractivity contribution in [3.63, 3.8) is 0 Å². The molecule has 2 rings (SSSR count). The zero-order valence-electron chi connectivity index (χ0n) is 9.81. The summed E-state index contributed by atoms with van der Waals surface area (Å²) in [7, 11) is 0. The van der Waals surface area contributed by atoms with Gasteiger partial charge in [-0.1, -0.05) is 13.8 Å². The standard InChI is InChI=1S/C11H11BrN2O2S2/c1-5(2)3-6-8(11(15)16)14-10(17-6)9-13-4-7(12)18-9/h4-5H,3H2,1-2H3,(H,15,16). The Labute approximate surface area is 121 Å². The molecular weight excluding hydrogens is 336 g/mol. The molecule has 0 amide bonds. The average molecular weight is 347 g/mol. The Bertz CT molecular complexity index is 577. The van der Waals surface area contributed by atoms with E-state index in [1.807, 2.05) is 0 Å². The molecule has 1 N–H and O–H groups in total. The number of hydrogen-bond acceptors (Lipinski definition) is 5. The minimum Gasteiger partial charge on any atom is -0.476 e. The molecule has 18 heavy (non-hydrogen) atoms. The van der Waals surface area contributed by atoms with Crippen LogP contribution in [0.3, 0.4) is 0 Å². The van der Waals surface area contributed by atoms with E-state index in [4.69, 9.17) is 5.11 Å². The SMILES string of the molecule is CC(C)Cc1sc(-c2ncc(Br)s2)nc1C(=O)O. The highest BCUT2D eigenvalue weighted by Crippen LogP contribution is 2.34. The van der Waals surface area contributed by atoms with Crippen LogP contribution in [0.5, 0.6) is 0 Å². The van der Waals surface area contributed by atoms with E-state index in [0.717, 1.165) is 20.1 Å². The molecule has 2 aromatic rings. The molecule has 0 unspecified atom stereocenters. The summed E-state index contributed by atoms with van der Waals surface area (Å²) >= 11 is 6.21. The number of aromatic nitrogens is 2. The van der Waals surface area contributed by atoms with Gasteiger partial charge in [-0.15, -0.1) is 22.7 Å². The van der Waals surface area contributed by atoms with Gasteiger partial charge >= 0.3 is 5.97 Å². The van der Waals surface area contributed by atoms with Crippen molar-refractivity contribution in [1.82, 2.24) is 9.97 Å². The molecular formula is C11H11BrN2O2S2. The van der Waals surface area contributed by atoms with Gasteiger partial charge in [-0.3, -0.25) is 0 Å². The van der Waals surface area contributed by atoms with E-state index in [1.54, 1.807) is 6.20 Å². The number of hydrogen-bond donors (Lipinski definition) is 1. The highest BCUT2D eigenvalue weighted by Gasteiger charge is 2.20. The second kappa shape index (κ2) is 5.46. The monoisotopic (exact) mass is 346 g/mol. The van der Waals surface area contributed by atoms with Crippen LogP contribution in [0.4, 0.5) is 0 Å². The molecule has 0 aliphatic rings. The van der Waals surface area contributed by atoms with Gasteiger partial charge in [0.1, 0.15) is 0 Å². The fraction of sp³-hybridized carbons (Fsp3) is 0.364. The van der Waals surface area contributed by atoms with Gasteiger partial charge < -0.3 is 5.11 Å². The summed E-state index contributed by atoms with van der Waals surface area (Å²) in [6, 6.07) is 0. The lowest BCUT2D eigenvalue weighted by atomic mass is 10.1. The third-order valence-electron chi connectivity index (χ3n) is 2.15. The van der Waals surface area contributed by atoms with Gasteiger partial charge in [0.05, 0.1) is 9.98 Å². The van der Waals surface area contributed by atoms with Crippen molar-refractivity contribution in [1.29, 1.82) is 0 Å². The molecule has 0 bridgehead atoms. The molecule has 0 aliphatic heterocycles. The smallest absolute Gasteiger partial charge is 0.355 e. The van der Waals surface area contributed by atoms with Crippen LogP contribution in [-0.2, 0) is 6.42 Å². The summed E-state index contributed by atoms with van der Waals surface area (Å²) in [5, 5.41) is 10.6. The van der Waals surface area contributed by atoms with Gasteiger partial charge in [0, 0.05) is 4.88 Å². The van der Waals surface area contributed by atoms with Gasteiger partial charge in [-0.2, -0.15) is 0 Å². The topological polar surface area (TPSA) is 63.1 Å². The van der Waals surface area contributed by atoms with Crippen molar-refractivity contribution < 1.29 is 9.90 Å². The fourth-order valence-corrected chi connectivity index (χ4v) is 3.97. The Balaban J connectivity index is 2.42. The number of halogens is 1. The molecule has 0 saturated heterocycles. The highest BCUT2D eigenvalue weighted by molar-refractivity contribution is 9.11. The van der Waals surface area contributed by atoms with E-state index in [-0.39, 0.29) is 5.69 Å². The van der Waals surface area contributed by atoms with Crippen molar-refractivity contribution >= 4 is 44.6 Å².